The van der Waals surface area contributed by atoms with E-state index < -0.39 is 0 Å². The fourth-order valence-corrected chi connectivity index (χ4v) is 6.04. The van der Waals surface area contributed by atoms with Crippen LogP contribution < -0.4 is 14.8 Å². The fourth-order valence-electron chi connectivity index (χ4n) is 5.07. The second-order valence-corrected chi connectivity index (χ2v) is 11.1. The van der Waals surface area contributed by atoms with Crippen molar-refractivity contribution >= 4 is 39.7 Å². The number of benzene rings is 2. The number of hydrogen-bond acceptors (Lipinski definition) is 6. The minimum Gasteiger partial charge on any atom is -0.496 e. The number of carbonyl (C=O) groups excluding carboxylic acids is 1. The van der Waals surface area contributed by atoms with Crippen LogP contribution in [0.15, 0.2) is 48.8 Å². The van der Waals surface area contributed by atoms with Gasteiger partial charge in [0, 0.05) is 65.0 Å². The number of thiazole rings is 1. The first-order chi connectivity index (χ1) is 17.9. The number of carbonyl (C=O) groups is 1. The van der Waals surface area contributed by atoms with Crippen molar-refractivity contribution in [2.75, 3.05) is 27.3 Å². The lowest BCUT2D eigenvalue weighted by molar-refractivity contribution is 0.0908. The van der Waals surface area contributed by atoms with Gasteiger partial charge in [-0.3, -0.25) is 9.69 Å². The largest absolute Gasteiger partial charge is 0.496 e. The molecule has 4 aromatic rings. The molecule has 9 heteroatoms. The Morgan fingerprint density at radius 1 is 1.14 bits per heavy atom. The summed E-state index contributed by atoms with van der Waals surface area (Å²) >= 11 is 7.56. The highest BCUT2D eigenvalue weighted by Gasteiger charge is 2.23. The molecule has 0 radical (unpaired) electrons. The van der Waals surface area contributed by atoms with Gasteiger partial charge in [-0.15, -0.1) is 11.3 Å². The van der Waals surface area contributed by atoms with Crippen LogP contribution in [-0.2, 0) is 13.1 Å². The number of methoxy groups -OCH3 is 2. The summed E-state index contributed by atoms with van der Waals surface area (Å²) in [6, 6.07) is 12.2. The standard InChI is InChI=1S/C28H31ClN4O3S/c1-18-25(35-2)12-19(13-26(18)36-3)27(34)31-21-8-10-32(11-9-21)15-20-16-33(17-22-14-30-28(29)37-22)24-7-5-4-6-23(20)24/h4-7,12-14,16,21H,8-11,15,17H2,1-3H3,(H,31,34). The van der Waals surface area contributed by atoms with Crippen molar-refractivity contribution in [2.24, 2.45) is 0 Å². The molecule has 0 atom stereocenters. The normalized spacial score (nSPS) is 14.7. The van der Waals surface area contributed by atoms with Crippen LogP contribution in [0.25, 0.3) is 10.9 Å². The number of nitrogens with one attached hydrogen (secondary N) is 1. The molecule has 2 aromatic carbocycles. The van der Waals surface area contributed by atoms with Crippen LogP contribution in [0.3, 0.4) is 0 Å². The molecule has 194 valence electrons. The lowest BCUT2D eigenvalue weighted by atomic mass is 10.0. The quantitative estimate of drug-likeness (QED) is 0.320. The molecule has 0 saturated carbocycles. The Hall–Kier alpha value is -3.07. The average Bonchev–Trinajstić information content (AvgIpc) is 3.48. The Kier molecular flexibility index (Phi) is 7.69. The van der Waals surface area contributed by atoms with Gasteiger partial charge in [0.15, 0.2) is 4.47 Å². The zero-order valence-electron chi connectivity index (χ0n) is 21.3. The number of fused-ring (bicyclic) bond motifs is 1. The van der Waals surface area contributed by atoms with E-state index in [0.29, 0.717) is 21.5 Å². The Morgan fingerprint density at radius 3 is 2.49 bits per heavy atom. The number of halogens is 1. The topological polar surface area (TPSA) is 68.6 Å². The molecule has 1 amide bonds. The third-order valence-corrected chi connectivity index (χ3v) is 8.15. The molecular weight excluding hydrogens is 508 g/mol. The summed E-state index contributed by atoms with van der Waals surface area (Å²) in [4.78, 5) is 20.8. The van der Waals surface area contributed by atoms with E-state index in [0.717, 1.165) is 49.5 Å². The van der Waals surface area contributed by atoms with E-state index >= 15 is 0 Å². The summed E-state index contributed by atoms with van der Waals surface area (Å²) in [5.41, 5.74) is 3.96. The minimum absolute atomic E-state index is 0.0960. The Bertz CT molecular complexity index is 1380. The zero-order chi connectivity index (χ0) is 25.9. The van der Waals surface area contributed by atoms with Gasteiger partial charge in [-0.25, -0.2) is 4.98 Å². The predicted molar refractivity (Wildman–Crippen MR) is 148 cm³/mol. The van der Waals surface area contributed by atoms with Crippen molar-refractivity contribution in [2.45, 2.75) is 38.9 Å². The van der Waals surface area contributed by atoms with E-state index in [1.54, 1.807) is 26.4 Å². The second-order valence-electron chi connectivity index (χ2n) is 9.41. The number of likely N-dealkylation sites (tertiary alicyclic amines) is 1. The van der Waals surface area contributed by atoms with Gasteiger partial charge in [0.05, 0.1) is 20.8 Å². The molecule has 0 unspecified atom stereocenters. The second kappa shape index (κ2) is 11.1. The van der Waals surface area contributed by atoms with Crippen LogP contribution in [0.1, 0.15) is 39.2 Å². The van der Waals surface area contributed by atoms with Crippen LogP contribution in [0.4, 0.5) is 0 Å². The molecule has 7 nitrogen and oxygen atoms in total. The van der Waals surface area contributed by atoms with Gasteiger partial charge in [-0.1, -0.05) is 29.8 Å². The molecule has 1 aliphatic heterocycles. The van der Waals surface area contributed by atoms with Gasteiger partial charge in [-0.05, 0) is 43.5 Å². The Morgan fingerprint density at radius 2 is 1.84 bits per heavy atom. The van der Waals surface area contributed by atoms with E-state index in [-0.39, 0.29) is 11.9 Å². The van der Waals surface area contributed by atoms with Crippen LogP contribution in [0, 0.1) is 6.92 Å². The predicted octanol–water partition coefficient (Wildman–Crippen LogP) is 5.52. The highest BCUT2D eigenvalue weighted by molar-refractivity contribution is 7.15. The number of aromatic nitrogens is 2. The molecule has 0 bridgehead atoms. The van der Waals surface area contributed by atoms with Crippen molar-refractivity contribution in [1.29, 1.82) is 0 Å². The molecule has 1 fully saturated rings. The number of ether oxygens (including phenoxy) is 2. The first kappa shape index (κ1) is 25.6. The van der Waals surface area contributed by atoms with Crippen molar-refractivity contribution in [3.8, 4) is 11.5 Å². The summed E-state index contributed by atoms with van der Waals surface area (Å²) < 4.78 is 13.7. The minimum atomic E-state index is -0.0960. The van der Waals surface area contributed by atoms with E-state index in [1.807, 2.05) is 13.1 Å². The van der Waals surface area contributed by atoms with Gasteiger partial charge in [0.1, 0.15) is 11.5 Å². The lowest BCUT2D eigenvalue weighted by Gasteiger charge is -2.32. The smallest absolute Gasteiger partial charge is 0.251 e. The fraction of sp³-hybridized carbons (Fsp3) is 0.357. The van der Waals surface area contributed by atoms with E-state index in [1.165, 1.54) is 27.8 Å². The van der Waals surface area contributed by atoms with Gasteiger partial charge in [0.2, 0.25) is 0 Å². The number of amides is 1. The third kappa shape index (κ3) is 5.61. The SMILES string of the molecule is COc1cc(C(=O)NC2CCN(Cc3cn(Cc4cnc(Cl)s4)c4ccccc34)CC2)cc(OC)c1C. The summed E-state index contributed by atoms with van der Waals surface area (Å²) in [6.45, 7) is 5.41. The molecule has 5 rings (SSSR count). The third-order valence-electron chi connectivity index (χ3n) is 7.05. The summed E-state index contributed by atoms with van der Waals surface area (Å²) in [5.74, 6) is 1.20. The van der Waals surface area contributed by atoms with Gasteiger partial charge >= 0.3 is 0 Å². The van der Waals surface area contributed by atoms with Crippen LogP contribution in [0.2, 0.25) is 4.47 Å². The summed E-state index contributed by atoms with van der Waals surface area (Å²) in [6.07, 6.45) is 5.92. The van der Waals surface area contributed by atoms with Gasteiger partial charge < -0.3 is 19.4 Å². The lowest BCUT2D eigenvalue weighted by Crippen LogP contribution is -2.44. The first-order valence-corrected chi connectivity index (χ1v) is 13.6. The number of para-hydroxylation sites is 1. The van der Waals surface area contributed by atoms with Gasteiger partial charge in [-0.2, -0.15) is 0 Å². The molecule has 1 aliphatic rings. The van der Waals surface area contributed by atoms with Crippen LogP contribution in [-0.4, -0.2) is 53.7 Å². The number of piperidine rings is 1. The monoisotopic (exact) mass is 538 g/mol. The van der Waals surface area contributed by atoms with E-state index in [4.69, 9.17) is 21.1 Å². The molecular formula is C28H31ClN4O3S. The van der Waals surface area contributed by atoms with Crippen LogP contribution >= 0.6 is 22.9 Å². The summed E-state index contributed by atoms with van der Waals surface area (Å²) in [7, 11) is 3.21. The van der Waals surface area contributed by atoms with Crippen molar-refractivity contribution in [1.82, 2.24) is 19.8 Å². The number of hydrogen-bond donors (Lipinski definition) is 1. The van der Waals surface area contributed by atoms with Crippen molar-refractivity contribution in [3.05, 3.63) is 74.8 Å². The molecule has 0 aliphatic carbocycles. The number of rotatable bonds is 8. The summed E-state index contributed by atoms with van der Waals surface area (Å²) in [5, 5.41) is 4.48. The average molecular weight is 539 g/mol. The maximum atomic E-state index is 13.0. The molecule has 3 heterocycles. The number of nitrogens with zero attached hydrogens (tertiary/aromatic N) is 3. The molecule has 37 heavy (non-hydrogen) atoms. The maximum absolute atomic E-state index is 13.0. The van der Waals surface area contributed by atoms with Gasteiger partial charge in [0.25, 0.3) is 5.91 Å². The molecule has 1 saturated heterocycles. The molecule has 0 spiro atoms. The Balaban J connectivity index is 1.22. The highest BCUT2D eigenvalue weighted by Crippen LogP contribution is 2.30. The molecule has 1 N–H and O–H groups in total. The van der Waals surface area contributed by atoms with Crippen molar-refractivity contribution < 1.29 is 14.3 Å². The van der Waals surface area contributed by atoms with Crippen LogP contribution in [0.5, 0.6) is 11.5 Å². The highest BCUT2D eigenvalue weighted by atomic mass is 35.5. The first-order valence-electron chi connectivity index (χ1n) is 12.4. The molecule has 2 aromatic heterocycles. The Labute approximate surface area is 226 Å². The van der Waals surface area contributed by atoms with E-state index in [9.17, 15) is 4.79 Å². The van der Waals surface area contributed by atoms with Crippen molar-refractivity contribution in [3.63, 3.8) is 0 Å². The maximum Gasteiger partial charge on any atom is 0.251 e. The zero-order valence-corrected chi connectivity index (χ0v) is 22.9. The van der Waals surface area contributed by atoms with E-state index in [2.05, 4.69) is 50.2 Å².